The zero-order valence-corrected chi connectivity index (χ0v) is 10.0. The number of anilines is 1. The average molecular weight is 261 g/mol. The minimum Gasteiger partial charge on any atom is -0.366 e. The van der Waals surface area contributed by atoms with E-state index >= 15 is 0 Å². The zero-order chi connectivity index (χ0) is 12.4. The van der Waals surface area contributed by atoms with Gasteiger partial charge in [0.25, 0.3) is 5.78 Å². The van der Waals surface area contributed by atoms with Gasteiger partial charge in [-0.25, -0.2) is 0 Å². The van der Waals surface area contributed by atoms with Crippen LogP contribution < -0.4 is 5.32 Å². The molecule has 3 aromatic rings. The second-order valence-corrected chi connectivity index (χ2v) is 4.03. The molecule has 0 saturated carbocycles. The van der Waals surface area contributed by atoms with Crippen LogP contribution in [0.25, 0.3) is 5.78 Å². The topological polar surface area (TPSA) is 68.0 Å². The third kappa shape index (κ3) is 2.10. The first kappa shape index (κ1) is 10.9. The molecule has 0 spiro atoms. The van der Waals surface area contributed by atoms with Crippen LogP contribution in [-0.2, 0) is 6.54 Å². The van der Waals surface area contributed by atoms with Crippen LogP contribution in [0.1, 0.15) is 5.56 Å². The van der Waals surface area contributed by atoms with Gasteiger partial charge in [0.05, 0.1) is 0 Å². The van der Waals surface area contributed by atoms with E-state index in [9.17, 15) is 0 Å². The van der Waals surface area contributed by atoms with Gasteiger partial charge in [-0.3, -0.25) is 4.98 Å². The SMILES string of the molecule is Clc1cc(NCc2ccncc2)n2ncnc2n1. The van der Waals surface area contributed by atoms with Crippen molar-refractivity contribution in [2.75, 3.05) is 5.32 Å². The Morgan fingerprint density at radius 1 is 1.28 bits per heavy atom. The Bertz CT molecular complexity index is 666. The average Bonchev–Trinajstić information content (AvgIpc) is 2.85. The van der Waals surface area contributed by atoms with Crippen LogP contribution in [-0.4, -0.2) is 24.6 Å². The Morgan fingerprint density at radius 3 is 2.94 bits per heavy atom. The largest absolute Gasteiger partial charge is 0.366 e. The van der Waals surface area contributed by atoms with Crippen LogP contribution in [0.4, 0.5) is 5.82 Å². The number of halogens is 1. The zero-order valence-electron chi connectivity index (χ0n) is 9.29. The van der Waals surface area contributed by atoms with Gasteiger partial charge < -0.3 is 5.32 Å². The second kappa shape index (κ2) is 4.58. The van der Waals surface area contributed by atoms with Crippen molar-refractivity contribution in [3.63, 3.8) is 0 Å². The number of nitrogens with zero attached hydrogens (tertiary/aromatic N) is 5. The third-order valence-electron chi connectivity index (χ3n) is 2.44. The number of aromatic nitrogens is 5. The van der Waals surface area contributed by atoms with Gasteiger partial charge in [0.15, 0.2) is 0 Å². The minimum atomic E-state index is 0.382. The van der Waals surface area contributed by atoms with Crippen LogP contribution in [0.3, 0.4) is 0 Å². The summed E-state index contributed by atoms with van der Waals surface area (Å²) in [6.45, 7) is 0.651. The van der Waals surface area contributed by atoms with Gasteiger partial charge in [0.1, 0.15) is 17.3 Å². The monoisotopic (exact) mass is 260 g/mol. The molecule has 3 aromatic heterocycles. The predicted octanol–water partition coefficient (Wildman–Crippen LogP) is 1.78. The number of nitrogens with one attached hydrogen (secondary N) is 1. The lowest BCUT2D eigenvalue weighted by atomic mass is 10.3. The van der Waals surface area contributed by atoms with Crippen molar-refractivity contribution in [3.05, 3.63) is 47.6 Å². The summed E-state index contributed by atoms with van der Waals surface area (Å²) in [6.07, 6.45) is 4.94. The molecule has 0 aliphatic rings. The molecular weight excluding hydrogens is 252 g/mol. The van der Waals surface area contributed by atoms with E-state index in [1.165, 1.54) is 6.33 Å². The van der Waals surface area contributed by atoms with Gasteiger partial charge in [0, 0.05) is 25.0 Å². The van der Waals surface area contributed by atoms with Crippen LogP contribution >= 0.6 is 11.6 Å². The summed E-state index contributed by atoms with van der Waals surface area (Å²) in [6, 6.07) is 5.59. The van der Waals surface area contributed by atoms with Gasteiger partial charge in [-0.05, 0) is 17.7 Å². The Labute approximate surface area is 108 Å². The summed E-state index contributed by atoms with van der Waals surface area (Å²) in [5.74, 6) is 1.22. The number of pyridine rings is 1. The fourth-order valence-corrected chi connectivity index (χ4v) is 1.78. The maximum Gasteiger partial charge on any atom is 0.255 e. The van der Waals surface area contributed by atoms with E-state index < -0.39 is 0 Å². The van der Waals surface area contributed by atoms with Gasteiger partial charge in [-0.1, -0.05) is 11.6 Å². The summed E-state index contributed by atoms with van der Waals surface area (Å²) in [7, 11) is 0. The van der Waals surface area contributed by atoms with E-state index in [4.69, 9.17) is 11.6 Å². The fourth-order valence-electron chi connectivity index (χ4n) is 1.60. The van der Waals surface area contributed by atoms with Crippen molar-refractivity contribution in [2.24, 2.45) is 0 Å². The molecule has 0 amide bonds. The van der Waals surface area contributed by atoms with Crippen molar-refractivity contribution >= 4 is 23.2 Å². The lowest BCUT2D eigenvalue weighted by Crippen LogP contribution is -2.06. The number of hydrogen-bond acceptors (Lipinski definition) is 5. The van der Waals surface area contributed by atoms with E-state index in [0.29, 0.717) is 17.5 Å². The van der Waals surface area contributed by atoms with E-state index in [1.807, 2.05) is 12.1 Å². The maximum absolute atomic E-state index is 5.92. The van der Waals surface area contributed by atoms with Crippen molar-refractivity contribution in [3.8, 4) is 0 Å². The molecule has 0 aliphatic carbocycles. The number of fused-ring (bicyclic) bond motifs is 1. The molecule has 0 aliphatic heterocycles. The molecule has 0 aromatic carbocycles. The van der Waals surface area contributed by atoms with Gasteiger partial charge in [-0.2, -0.15) is 19.6 Å². The molecule has 7 heteroatoms. The molecule has 3 heterocycles. The minimum absolute atomic E-state index is 0.382. The number of rotatable bonds is 3. The molecule has 0 saturated heterocycles. The Morgan fingerprint density at radius 2 is 2.11 bits per heavy atom. The number of hydrogen-bond donors (Lipinski definition) is 1. The highest BCUT2D eigenvalue weighted by Gasteiger charge is 2.05. The summed E-state index contributed by atoms with van der Waals surface area (Å²) < 4.78 is 1.60. The van der Waals surface area contributed by atoms with Crippen LogP contribution in [0.5, 0.6) is 0 Å². The van der Waals surface area contributed by atoms with Crippen LogP contribution in [0, 0.1) is 0 Å². The molecule has 0 fully saturated rings. The molecule has 3 rings (SSSR count). The molecule has 0 radical (unpaired) electrons. The quantitative estimate of drug-likeness (QED) is 0.727. The lowest BCUT2D eigenvalue weighted by molar-refractivity contribution is 0.924. The van der Waals surface area contributed by atoms with Crippen molar-refractivity contribution in [1.82, 2.24) is 24.6 Å². The Balaban J connectivity index is 1.88. The molecule has 90 valence electrons. The van der Waals surface area contributed by atoms with Crippen LogP contribution in [0.2, 0.25) is 5.15 Å². The highest BCUT2D eigenvalue weighted by molar-refractivity contribution is 6.29. The predicted molar refractivity (Wildman–Crippen MR) is 67.4 cm³/mol. The van der Waals surface area contributed by atoms with Gasteiger partial charge in [0.2, 0.25) is 0 Å². The molecular formula is C11H9ClN6. The van der Waals surface area contributed by atoms with Crippen molar-refractivity contribution in [2.45, 2.75) is 6.54 Å². The maximum atomic E-state index is 5.92. The highest BCUT2D eigenvalue weighted by atomic mass is 35.5. The first-order chi connectivity index (χ1) is 8.83. The molecule has 1 N–H and O–H groups in total. The van der Waals surface area contributed by atoms with E-state index in [1.54, 1.807) is 23.0 Å². The lowest BCUT2D eigenvalue weighted by Gasteiger charge is -2.07. The van der Waals surface area contributed by atoms with Gasteiger partial charge >= 0.3 is 0 Å². The van der Waals surface area contributed by atoms with Crippen LogP contribution in [0.15, 0.2) is 36.9 Å². The summed E-state index contributed by atoms with van der Waals surface area (Å²) in [5, 5.41) is 7.70. The molecule has 18 heavy (non-hydrogen) atoms. The van der Waals surface area contributed by atoms with E-state index in [-0.39, 0.29) is 0 Å². The second-order valence-electron chi connectivity index (χ2n) is 3.64. The fraction of sp³-hybridized carbons (Fsp3) is 0.0909. The molecule has 0 atom stereocenters. The standard InChI is InChI=1S/C11H9ClN6/c12-9-5-10(18-11(17-9)15-7-16-18)14-6-8-1-3-13-4-2-8/h1-5,7,14H,6H2. The summed E-state index contributed by atoms with van der Waals surface area (Å²) in [4.78, 5) is 12.0. The Hall–Kier alpha value is -2.21. The molecule has 0 bridgehead atoms. The summed E-state index contributed by atoms with van der Waals surface area (Å²) in [5.41, 5.74) is 1.12. The smallest absolute Gasteiger partial charge is 0.255 e. The first-order valence-corrected chi connectivity index (χ1v) is 5.70. The first-order valence-electron chi connectivity index (χ1n) is 5.32. The van der Waals surface area contributed by atoms with E-state index in [0.717, 1.165) is 11.4 Å². The highest BCUT2D eigenvalue weighted by Crippen LogP contribution is 2.15. The van der Waals surface area contributed by atoms with Crippen molar-refractivity contribution < 1.29 is 0 Å². The van der Waals surface area contributed by atoms with Crippen molar-refractivity contribution in [1.29, 1.82) is 0 Å². The molecule has 0 unspecified atom stereocenters. The normalized spacial score (nSPS) is 10.7. The van der Waals surface area contributed by atoms with Gasteiger partial charge in [-0.15, -0.1) is 0 Å². The Kier molecular flexibility index (Phi) is 2.77. The van der Waals surface area contributed by atoms with E-state index in [2.05, 4.69) is 25.4 Å². The third-order valence-corrected chi connectivity index (χ3v) is 2.64. The molecule has 6 nitrogen and oxygen atoms in total. The summed E-state index contributed by atoms with van der Waals surface area (Å²) >= 11 is 5.92.